The van der Waals surface area contributed by atoms with Crippen molar-refractivity contribution < 1.29 is 24.1 Å². The van der Waals surface area contributed by atoms with Crippen LogP contribution in [0, 0.1) is 0 Å². The van der Waals surface area contributed by atoms with Crippen LogP contribution in [0.4, 0.5) is 5.69 Å². The summed E-state index contributed by atoms with van der Waals surface area (Å²) in [5, 5.41) is 20.9. The Morgan fingerprint density at radius 2 is 1.88 bits per heavy atom. The number of allylic oxidation sites excluding steroid dienone is 4. The Labute approximate surface area is 246 Å². The first-order chi connectivity index (χ1) is 19.8. The largest absolute Gasteiger partial charge is 0.853 e. The summed E-state index contributed by atoms with van der Waals surface area (Å²) in [6.45, 7) is 7.98. The van der Waals surface area contributed by atoms with Gasteiger partial charge in [-0.15, -0.1) is 0 Å². The van der Waals surface area contributed by atoms with Crippen molar-refractivity contribution in [3.8, 4) is 11.5 Å². The second-order valence-electron chi connectivity index (χ2n) is 11.3. The summed E-state index contributed by atoms with van der Waals surface area (Å²) < 4.78 is 15.0. The van der Waals surface area contributed by atoms with Crippen molar-refractivity contribution >= 4 is 41.7 Å². The van der Waals surface area contributed by atoms with E-state index in [0.29, 0.717) is 16.2 Å². The van der Waals surface area contributed by atoms with Crippen molar-refractivity contribution in [2.24, 2.45) is 0 Å². The molecule has 6 rings (SSSR count). The predicted molar refractivity (Wildman–Crippen MR) is 163 cm³/mol. The van der Waals surface area contributed by atoms with E-state index >= 15 is 0 Å². The molecule has 7 heteroatoms. The van der Waals surface area contributed by atoms with Gasteiger partial charge in [0.05, 0.1) is 10.4 Å². The van der Waals surface area contributed by atoms with E-state index in [9.17, 15) is 10.0 Å². The maximum absolute atomic E-state index is 11.2. The van der Waals surface area contributed by atoms with E-state index < -0.39 is 7.12 Å². The summed E-state index contributed by atoms with van der Waals surface area (Å²) in [7, 11) is -1.74. The zero-order valence-corrected chi connectivity index (χ0v) is 24.4. The molecule has 0 radical (unpaired) electrons. The predicted octanol–water partition coefficient (Wildman–Crippen LogP) is 5.83. The van der Waals surface area contributed by atoms with Crippen molar-refractivity contribution in [1.29, 1.82) is 0 Å². The molecule has 2 aliphatic heterocycles. The number of nitrogens with zero attached hydrogens (tertiary/aromatic N) is 1. The molecule has 41 heavy (non-hydrogen) atoms. The standard InChI is InChI=1S/C34H33BClNO4/c1-4-37-29-11-6-5-10-27(29)34(2,3)32(37)17-14-23-8-7-9-24-18-25-19-28(36)31(20-30(25)41-33(23)24)40-21-22-12-15-26(16-13-22)35(38)39/h5-6,10-20,38H,4,7-9,21H2,1-3H3/b17-14+. The molecule has 1 N–H and O–H groups in total. The van der Waals surface area contributed by atoms with Crippen molar-refractivity contribution in [3.63, 3.8) is 0 Å². The monoisotopic (exact) mass is 565 g/mol. The van der Waals surface area contributed by atoms with Crippen molar-refractivity contribution in [1.82, 2.24) is 0 Å². The van der Waals surface area contributed by atoms with Crippen LogP contribution >= 0.6 is 11.6 Å². The van der Waals surface area contributed by atoms with Gasteiger partial charge in [-0.2, -0.15) is 4.58 Å². The molecule has 3 aliphatic rings. The zero-order chi connectivity index (χ0) is 28.7. The molecule has 0 bridgehead atoms. The minimum absolute atomic E-state index is 0.0835. The maximum atomic E-state index is 11.2. The van der Waals surface area contributed by atoms with Crippen molar-refractivity contribution in [3.05, 3.63) is 111 Å². The lowest BCUT2D eigenvalue weighted by atomic mass is 9.80. The van der Waals surface area contributed by atoms with Crippen LogP contribution in [-0.4, -0.2) is 29.0 Å². The molecule has 0 atom stereocenters. The Balaban J connectivity index is 1.27. The molecule has 0 saturated carbocycles. The highest BCUT2D eigenvalue weighted by atomic mass is 35.5. The number of halogens is 1. The van der Waals surface area contributed by atoms with E-state index in [1.807, 2.05) is 12.1 Å². The molecule has 3 aromatic rings. The number of para-hydroxylation sites is 1. The van der Waals surface area contributed by atoms with Gasteiger partial charge in [0.2, 0.25) is 12.8 Å². The summed E-state index contributed by atoms with van der Waals surface area (Å²) in [4.78, 5) is 0. The van der Waals surface area contributed by atoms with Crippen molar-refractivity contribution in [2.45, 2.75) is 52.1 Å². The number of hydrogen-bond acceptors (Lipinski definition) is 4. The van der Waals surface area contributed by atoms with E-state index in [4.69, 9.17) is 21.1 Å². The number of ether oxygens (including phenoxy) is 2. The quantitative estimate of drug-likeness (QED) is 0.289. The molecule has 2 heterocycles. The summed E-state index contributed by atoms with van der Waals surface area (Å²) in [6, 6.07) is 19.2. The second kappa shape index (κ2) is 11.0. The first-order valence-corrected chi connectivity index (χ1v) is 14.6. The molecule has 0 spiro atoms. The first-order valence-electron chi connectivity index (χ1n) is 14.2. The van der Waals surface area contributed by atoms with Gasteiger partial charge in [-0.05, 0) is 75.0 Å². The summed E-state index contributed by atoms with van der Waals surface area (Å²) in [6.07, 6.45) is 9.70. The third-order valence-electron chi connectivity index (χ3n) is 8.30. The van der Waals surface area contributed by atoms with Crippen LogP contribution < -0.4 is 20.0 Å². The van der Waals surface area contributed by atoms with Gasteiger partial charge in [-0.25, -0.2) is 0 Å². The maximum Gasteiger partial charge on any atom is 0.212 e. The minimum atomic E-state index is -1.74. The first kappa shape index (κ1) is 27.6. The highest BCUT2D eigenvalue weighted by Gasteiger charge is 2.43. The van der Waals surface area contributed by atoms with Crippen molar-refractivity contribution in [2.75, 3.05) is 6.54 Å². The Hall–Kier alpha value is -3.58. The fourth-order valence-corrected chi connectivity index (χ4v) is 6.32. The van der Waals surface area contributed by atoms with E-state index in [1.54, 1.807) is 24.3 Å². The molecule has 0 saturated heterocycles. The van der Waals surface area contributed by atoms with Gasteiger partial charge in [0.15, 0.2) is 5.71 Å². The molecule has 1 aliphatic carbocycles. The molecule has 208 valence electrons. The van der Waals surface area contributed by atoms with Crippen LogP contribution in [0.5, 0.6) is 11.5 Å². The summed E-state index contributed by atoms with van der Waals surface area (Å²) in [5.74, 6) is 2.18. The van der Waals surface area contributed by atoms with Gasteiger partial charge in [-0.3, -0.25) is 0 Å². The fourth-order valence-electron chi connectivity index (χ4n) is 6.09. The molecule has 0 fully saturated rings. The SMILES string of the molecule is CC[N+]1=C(/C=C/C2=C3Oc4cc(OCc5ccc(B([O-])O)cc5)c(Cl)cc4C=C3CCC2)C(C)(C)c2ccccc21. The molecule has 0 unspecified atom stereocenters. The van der Waals surface area contributed by atoms with Crippen LogP contribution in [0.1, 0.15) is 56.7 Å². The Bertz CT molecular complexity index is 1630. The average Bonchev–Trinajstić information content (AvgIpc) is 3.19. The third kappa shape index (κ3) is 5.16. The molecular formula is C34H33BClNO4. The number of benzene rings is 3. The smallest absolute Gasteiger partial charge is 0.212 e. The van der Waals surface area contributed by atoms with Gasteiger partial charge in [0, 0.05) is 29.3 Å². The van der Waals surface area contributed by atoms with E-state index in [0.717, 1.165) is 48.4 Å². The molecular weight excluding hydrogens is 533 g/mol. The van der Waals surface area contributed by atoms with E-state index in [2.05, 4.69) is 67.8 Å². The fraction of sp³-hybridized carbons (Fsp3) is 0.265. The highest BCUT2D eigenvalue weighted by Crippen LogP contribution is 2.44. The molecule has 0 amide bonds. The Kier molecular flexibility index (Phi) is 7.41. The third-order valence-corrected chi connectivity index (χ3v) is 8.59. The lowest BCUT2D eigenvalue weighted by molar-refractivity contribution is -0.433. The highest BCUT2D eigenvalue weighted by molar-refractivity contribution is 6.56. The average molecular weight is 566 g/mol. The lowest BCUT2D eigenvalue weighted by Crippen LogP contribution is -2.43. The Morgan fingerprint density at radius 1 is 1.10 bits per heavy atom. The van der Waals surface area contributed by atoms with E-state index in [-0.39, 0.29) is 12.0 Å². The van der Waals surface area contributed by atoms with Crippen LogP contribution in [0.3, 0.4) is 0 Å². The normalized spacial score (nSPS) is 17.2. The van der Waals surface area contributed by atoms with Crippen LogP contribution in [-0.2, 0) is 12.0 Å². The van der Waals surface area contributed by atoms with Gasteiger partial charge < -0.3 is 19.5 Å². The van der Waals surface area contributed by atoms with Gasteiger partial charge in [-0.1, -0.05) is 59.5 Å². The van der Waals surface area contributed by atoms with Gasteiger partial charge in [0.1, 0.15) is 30.4 Å². The number of rotatable bonds is 7. The van der Waals surface area contributed by atoms with Crippen LogP contribution in [0.15, 0.2) is 89.7 Å². The van der Waals surface area contributed by atoms with E-state index in [1.165, 1.54) is 28.1 Å². The molecule has 3 aromatic carbocycles. The summed E-state index contributed by atoms with van der Waals surface area (Å²) in [5.41, 5.74) is 8.37. The molecule has 5 nitrogen and oxygen atoms in total. The molecule has 0 aromatic heterocycles. The topological polar surface area (TPSA) is 64.8 Å². The Morgan fingerprint density at radius 3 is 2.63 bits per heavy atom. The van der Waals surface area contributed by atoms with Gasteiger partial charge >= 0.3 is 0 Å². The lowest BCUT2D eigenvalue weighted by Gasteiger charge is -2.27. The second-order valence-corrected chi connectivity index (χ2v) is 11.7. The zero-order valence-electron chi connectivity index (χ0n) is 23.6. The van der Waals surface area contributed by atoms with Crippen LogP contribution in [0.25, 0.3) is 6.08 Å². The number of hydrogen-bond donors (Lipinski definition) is 1. The summed E-state index contributed by atoms with van der Waals surface area (Å²) >= 11 is 6.60. The van der Waals surface area contributed by atoms with Gasteiger partial charge in [0.25, 0.3) is 0 Å². The minimum Gasteiger partial charge on any atom is -0.853 e. The number of fused-ring (bicyclic) bond motifs is 3. The van der Waals surface area contributed by atoms with Crippen LogP contribution in [0.2, 0.25) is 5.02 Å².